The van der Waals surface area contributed by atoms with Crippen LogP contribution in [0.3, 0.4) is 0 Å². The molecule has 2 saturated heterocycles. The van der Waals surface area contributed by atoms with E-state index in [4.69, 9.17) is 14.2 Å². The molecule has 3 rings (SSSR count). The summed E-state index contributed by atoms with van der Waals surface area (Å²) in [6, 6.07) is 5.83. The molecule has 1 atom stereocenters. The van der Waals surface area contributed by atoms with Crippen LogP contribution in [0, 0.1) is 5.92 Å². The van der Waals surface area contributed by atoms with Crippen molar-refractivity contribution in [2.75, 3.05) is 39.5 Å². The summed E-state index contributed by atoms with van der Waals surface area (Å²) in [5.41, 5.74) is 0.794. The average molecular weight is 334 g/mol. The summed E-state index contributed by atoms with van der Waals surface area (Å²) in [6.45, 7) is 6.01. The fourth-order valence-corrected chi connectivity index (χ4v) is 3.48. The van der Waals surface area contributed by atoms with Gasteiger partial charge in [-0.05, 0) is 37.8 Å². The van der Waals surface area contributed by atoms with E-state index in [0.29, 0.717) is 38.8 Å². The smallest absolute Gasteiger partial charge is 0.248 e. The van der Waals surface area contributed by atoms with Crippen molar-refractivity contribution in [3.05, 3.63) is 30.1 Å². The first-order valence-electron chi connectivity index (χ1n) is 8.70. The second-order valence-electron chi connectivity index (χ2n) is 6.45. The maximum atomic E-state index is 12.0. The van der Waals surface area contributed by atoms with E-state index < -0.39 is 0 Å². The maximum Gasteiger partial charge on any atom is 0.248 e. The van der Waals surface area contributed by atoms with Crippen LogP contribution in [0.2, 0.25) is 0 Å². The van der Waals surface area contributed by atoms with Crippen LogP contribution in [-0.4, -0.2) is 60.9 Å². The van der Waals surface area contributed by atoms with Gasteiger partial charge >= 0.3 is 0 Å². The Balaban J connectivity index is 1.39. The summed E-state index contributed by atoms with van der Waals surface area (Å²) in [7, 11) is 0. The molecular formula is C18H26N2O4. The van der Waals surface area contributed by atoms with Gasteiger partial charge in [-0.1, -0.05) is 6.07 Å². The summed E-state index contributed by atoms with van der Waals surface area (Å²) in [4.78, 5) is 18.1. The van der Waals surface area contributed by atoms with E-state index >= 15 is 0 Å². The lowest BCUT2D eigenvalue weighted by molar-refractivity contribution is -0.169. The normalized spacial score (nSPS) is 21.9. The molecule has 0 N–H and O–H groups in total. The first-order chi connectivity index (χ1) is 11.7. The van der Waals surface area contributed by atoms with Gasteiger partial charge in [0.15, 0.2) is 0 Å². The number of amides is 1. The number of aromatic nitrogens is 1. The van der Waals surface area contributed by atoms with Gasteiger partial charge in [0.05, 0.1) is 25.4 Å². The van der Waals surface area contributed by atoms with E-state index in [2.05, 4.69) is 4.98 Å². The molecule has 24 heavy (non-hydrogen) atoms. The quantitative estimate of drug-likeness (QED) is 0.677. The van der Waals surface area contributed by atoms with Crippen molar-refractivity contribution in [3.63, 3.8) is 0 Å². The van der Waals surface area contributed by atoms with Gasteiger partial charge in [0.1, 0.15) is 12.2 Å². The lowest BCUT2D eigenvalue weighted by Crippen LogP contribution is -2.66. The van der Waals surface area contributed by atoms with Crippen molar-refractivity contribution >= 4 is 5.91 Å². The number of carbonyl (C=O) groups excluding carboxylic acids is 1. The number of carbonyl (C=O) groups is 1. The highest BCUT2D eigenvalue weighted by Gasteiger charge is 2.53. The van der Waals surface area contributed by atoms with E-state index in [-0.39, 0.29) is 18.1 Å². The number of nitrogens with zero attached hydrogens (tertiary/aromatic N) is 2. The van der Waals surface area contributed by atoms with E-state index in [1.165, 1.54) is 0 Å². The molecule has 6 nitrogen and oxygen atoms in total. The summed E-state index contributed by atoms with van der Waals surface area (Å²) in [5.74, 6) is 0.514. The molecule has 1 aromatic heterocycles. The number of hydrogen-bond donors (Lipinski definition) is 0. The highest BCUT2D eigenvalue weighted by Crippen LogP contribution is 2.41. The van der Waals surface area contributed by atoms with Crippen LogP contribution in [0.15, 0.2) is 24.4 Å². The Morgan fingerprint density at radius 2 is 2.29 bits per heavy atom. The lowest BCUT2D eigenvalue weighted by Gasteiger charge is -2.50. The number of hydrogen-bond acceptors (Lipinski definition) is 5. The fourth-order valence-electron chi connectivity index (χ4n) is 3.48. The molecule has 0 radical (unpaired) electrons. The molecule has 2 aliphatic rings. The Labute approximate surface area is 143 Å². The Hall–Kier alpha value is -1.50. The SMILES string of the molecule is CCOCC(=O)N1CC2(C1)OCC[C@H]2CCOCc1ccccn1. The molecule has 1 spiro atoms. The van der Waals surface area contributed by atoms with E-state index in [1.807, 2.05) is 30.0 Å². The minimum atomic E-state index is -0.157. The van der Waals surface area contributed by atoms with Crippen molar-refractivity contribution in [2.24, 2.45) is 5.92 Å². The molecule has 2 fully saturated rings. The van der Waals surface area contributed by atoms with Crippen LogP contribution < -0.4 is 0 Å². The van der Waals surface area contributed by atoms with E-state index in [0.717, 1.165) is 25.1 Å². The van der Waals surface area contributed by atoms with Gasteiger partial charge in [-0.3, -0.25) is 9.78 Å². The zero-order valence-electron chi connectivity index (χ0n) is 14.3. The first kappa shape index (κ1) is 17.3. The van der Waals surface area contributed by atoms with Crippen molar-refractivity contribution in [2.45, 2.75) is 32.0 Å². The molecule has 1 amide bonds. The molecule has 1 aromatic rings. The standard InChI is InChI=1S/C18H26N2O4/c1-2-22-12-17(21)20-13-18(14-20)15(7-10-24-18)6-9-23-11-16-5-3-4-8-19-16/h3-5,8,15H,2,6-7,9-14H2,1H3/t15-/m1/s1. The Morgan fingerprint density at radius 3 is 3.04 bits per heavy atom. The van der Waals surface area contributed by atoms with Crippen LogP contribution in [0.4, 0.5) is 0 Å². The topological polar surface area (TPSA) is 60.9 Å². The Morgan fingerprint density at radius 1 is 1.42 bits per heavy atom. The van der Waals surface area contributed by atoms with Crippen LogP contribution in [0.25, 0.3) is 0 Å². The first-order valence-corrected chi connectivity index (χ1v) is 8.70. The van der Waals surface area contributed by atoms with Crippen molar-refractivity contribution in [1.29, 1.82) is 0 Å². The van der Waals surface area contributed by atoms with Gasteiger partial charge in [-0.15, -0.1) is 0 Å². The fraction of sp³-hybridized carbons (Fsp3) is 0.667. The third-order valence-corrected chi connectivity index (χ3v) is 4.89. The molecule has 0 aliphatic carbocycles. The summed E-state index contributed by atoms with van der Waals surface area (Å²) < 4.78 is 16.9. The Bertz CT molecular complexity index is 531. The third-order valence-electron chi connectivity index (χ3n) is 4.89. The predicted molar refractivity (Wildman–Crippen MR) is 88.4 cm³/mol. The predicted octanol–water partition coefficient (Wildman–Crippen LogP) is 1.64. The molecule has 3 heterocycles. The van der Waals surface area contributed by atoms with Crippen LogP contribution in [-0.2, 0) is 25.6 Å². The maximum absolute atomic E-state index is 12.0. The second-order valence-corrected chi connectivity index (χ2v) is 6.45. The van der Waals surface area contributed by atoms with Gasteiger partial charge in [-0.25, -0.2) is 0 Å². The zero-order valence-corrected chi connectivity index (χ0v) is 14.3. The summed E-state index contributed by atoms with van der Waals surface area (Å²) in [6.07, 6.45) is 3.78. The minimum absolute atomic E-state index is 0.0585. The number of ether oxygens (including phenoxy) is 3. The zero-order chi connectivity index (χ0) is 16.8. The molecular weight excluding hydrogens is 308 g/mol. The van der Waals surface area contributed by atoms with Crippen LogP contribution >= 0.6 is 0 Å². The lowest BCUT2D eigenvalue weighted by atomic mass is 9.79. The number of rotatable bonds is 8. The Kier molecular flexibility index (Phi) is 5.81. The van der Waals surface area contributed by atoms with Crippen LogP contribution in [0.1, 0.15) is 25.5 Å². The highest BCUT2D eigenvalue weighted by atomic mass is 16.5. The summed E-state index contributed by atoms with van der Waals surface area (Å²) >= 11 is 0. The third kappa shape index (κ3) is 3.94. The van der Waals surface area contributed by atoms with Crippen LogP contribution in [0.5, 0.6) is 0 Å². The van der Waals surface area contributed by atoms with Gasteiger partial charge < -0.3 is 19.1 Å². The molecule has 2 aliphatic heterocycles. The highest BCUT2D eigenvalue weighted by molar-refractivity contribution is 5.78. The van der Waals surface area contributed by atoms with E-state index in [9.17, 15) is 4.79 Å². The van der Waals surface area contributed by atoms with Gasteiger partial charge in [-0.2, -0.15) is 0 Å². The minimum Gasteiger partial charge on any atom is -0.375 e. The molecule has 0 bridgehead atoms. The van der Waals surface area contributed by atoms with Crippen molar-refractivity contribution in [3.8, 4) is 0 Å². The van der Waals surface area contributed by atoms with Crippen molar-refractivity contribution < 1.29 is 19.0 Å². The molecule has 0 unspecified atom stereocenters. The van der Waals surface area contributed by atoms with E-state index in [1.54, 1.807) is 6.20 Å². The summed E-state index contributed by atoms with van der Waals surface area (Å²) in [5, 5.41) is 0. The monoisotopic (exact) mass is 334 g/mol. The number of pyridine rings is 1. The van der Waals surface area contributed by atoms with Gasteiger partial charge in [0.2, 0.25) is 5.91 Å². The van der Waals surface area contributed by atoms with Gasteiger partial charge in [0.25, 0.3) is 0 Å². The number of likely N-dealkylation sites (tertiary alicyclic amines) is 1. The average Bonchev–Trinajstić information content (AvgIpc) is 3.00. The molecule has 6 heteroatoms. The van der Waals surface area contributed by atoms with Gasteiger partial charge in [0, 0.05) is 26.0 Å². The molecule has 132 valence electrons. The largest absolute Gasteiger partial charge is 0.375 e. The second kappa shape index (κ2) is 8.05. The molecule has 0 saturated carbocycles. The molecule has 0 aromatic carbocycles. The van der Waals surface area contributed by atoms with Crippen molar-refractivity contribution in [1.82, 2.24) is 9.88 Å².